The molecule has 0 fully saturated rings. The van der Waals surface area contributed by atoms with Crippen molar-refractivity contribution in [3.8, 4) is 0 Å². The third kappa shape index (κ3) is 6.60. The minimum absolute atomic E-state index is 0.157. The normalized spacial score (nSPS) is 13.8. The van der Waals surface area contributed by atoms with Crippen LogP contribution in [-0.2, 0) is 6.54 Å². The summed E-state index contributed by atoms with van der Waals surface area (Å²) in [5, 5.41) is 12.2. The summed E-state index contributed by atoms with van der Waals surface area (Å²) >= 11 is 0. The van der Waals surface area contributed by atoms with Crippen molar-refractivity contribution in [2.45, 2.75) is 32.5 Å². The quantitative estimate of drug-likeness (QED) is 0.801. The van der Waals surface area contributed by atoms with Gasteiger partial charge in [0.1, 0.15) is 0 Å². The highest BCUT2D eigenvalue weighted by Gasteiger charge is 2.14. The minimum atomic E-state index is -0.515. The van der Waals surface area contributed by atoms with Crippen LogP contribution in [0.4, 0.5) is 4.79 Å². The third-order valence-corrected chi connectivity index (χ3v) is 3.46. The van der Waals surface area contributed by atoms with Crippen LogP contribution < -0.4 is 5.32 Å². The molecule has 0 spiro atoms. The van der Waals surface area contributed by atoms with Crippen LogP contribution in [-0.4, -0.2) is 60.3 Å². The molecule has 1 aromatic rings. The fourth-order valence-electron chi connectivity index (χ4n) is 2.03. The SMILES string of the molecule is CC(O)CN(C)C(=O)NCC(C)N(C)Cc1ccccc1. The highest BCUT2D eigenvalue weighted by atomic mass is 16.3. The van der Waals surface area contributed by atoms with E-state index >= 15 is 0 Å². The van der Waals surface area contributed by atoms with Crippen molar-refractivity contribution in [1.29, 1.82) is 0 Å². The van der Waals surface area contributed by atoms with Gasteiger partial charge in [-0.05, 0) is 26.5 Å². The zero-order valence-corrected chi connectivity index (χ0v) is 13.4. The van der Waals surface area contributed by atoms with Crippen LogP contribution in [0.2, 0.25) is 0 Å². The molecular formula is C16H27N3O2. The van der Waals surface area contributed by atoms with E-state index in [4.69, 9.17) is 0 Å². The first-order chi connectivity index (χ1) is 9.90. The van der Waals surface area contributed by atoms with Gasteiger partial charge in [0.15, 0.2) is 0 Å². The topological polar surface area (TPSA) is 55.8 Å². The fraction of sp³-hybridized carbons (Fsp3) is 0.562. The summed E-state index contributed by atoms with van der Waals surface area (Å²) < 4.78 is 0. The van der Waals surface area contributed by atoms with Crippen molar-refractivity contribution in [2.75, 3.05) is 27.2 Å². The van der Waals surface area contributed by atoms with Crippen LogP contribution >= 0.6 is 0 Å². The van der Waals surface area contributed by atoms with Gasteiger partial charge in [-0.3, -0.25) is 4.90 Å². The van der Waals surface area contributed by atoms with E-state index in [2.05, 4.69) is 29.3 Å². The molecule has 118 valence electrons. The van der Waals surface area contributed by atoms with Crippen molar-refractivity contribution in [1.82, 2.24) is 15.1 Å². The van der Waals surface area contributed by atoms with Gasteiger partial charge >= 0.3 is 6.03 Å². The van der Waals surface area contributed by atoms with Crippen LogP contribution in [0, 0.1) is 0 Å². The summed E-state index contributed by atoms with van der Waals surface area (Å²) in [6.45, 7) is 5.51. The molecule has 0 heterocycles. The van der Waals surface area contributed by atoms with Gasteiger partial charge in [0.25, 0.3) is 0 Å². The Labute approximate surface area is 127 Å². The number of carbonyl (C=O) groups is 1. The summed E-state index contributed by atoms with van der Waals surface area (Å²) in [5.74, 6) is 0. The molecule has 0 saturated heterocycles. The zero-order valence-electron chi connectivity index (χ0n) is 13.4. The molecule has 0 bridgehead atoms. The lowest BCUT2D eigenvalue weighted by Crippen LogP contribution is -2.45. The lowest BCUT2D eigenvalue weighted by Gasteiger charge is -2.26. The Hall–Kier alpha value is -1.59. The van der Waals surface area contributed by atoms with Gasteiger partial charge in [0.2, 0.25) is 0 Å². The second-order valence-electron chi connectivity index (χ2n) is 5.67. The standard InChI is InChI=1S/C16H27N3O2/c1-13(10-17-16(21)19(4)11-14(2)20)18(3)12-15-8-6-5-7-9-15/h5-9,13-14,20H,10-12H2,1-4H3,(H,17,21). The fourth-order valence-corrected chi connectivity index (χ4v) is 2.03. The first-order valence-corrected chi connectivity index (χ1v) is 7.31. The number of carbonyl (C=O) groups excluding carboxylic acids is 1. The number of nitrogens with zero attached hydrogens (tertiary/aromatic N) is 2. The molecule has 1 rings (SSSR count). The van der Waals surface area contributed by atoms with E-state index in [-0.39, 0.29) is 12.1 Å². The number of urea groups is 1. The Morgan fingerprint density at radius 2 is 1.86 bits per heavy atom. The molecule has 5 heteroatoms. The van der Waals surface area contributed by atoms with Crippen molar-refractivity contribution in [2.24, 2.45) is 0 Å². The molecule has 2 atom stereocenters. The molecule has 1 aromatic carbocycles. The monoisotopic (exact) mass is 293 g/mol. The maximum absolute atomic E-state index is 11.8. The number of benzene rings is 1. The lowest BCUT2D eigenvalue weighted by molar-refractivity contribution is 0.142. The molecule has 0 saturated carbocycles. The van der Waals surface area contributed by atoms with Crippen LogP contribution in [0.25, 0.3) is 0 Å². The summed E-state index contributed by atoms with van der Waals surface area (Å²) in [6, 6.07) is 10.3. The molecule has 0 aliphatic carbocycles. The van der Waals surface area contributed by atoms with E-state index in [0.29, 0.717) is 13.1 Å². The Kier molecular flexibility index (Phi) is 7.19. The minimum Gasteiger partial charge on any atom is -0.392 e. The van der Waals surface area contributed by atoms with Crippen LogP contribution in [0.3, 0.4) is 0 Å². The molecule has 0 aromatic heterocycles. The van der Waals surface area contributed by atoms with Gasteiger partial charge in [-0.2, -0.15) is 0 Å². The van der Waals surface area contributed by atoms with Gasteiger partial charge in [-0.15, -0.1) is 0 Å². The number of nitrogens with one attached hydrogen (secondary N) is 1. The zero-order chi connectivity index (χ0) is 15.8. The average Bonchev–Trinajstić information content (AvgIpc) is 2.44. The second kappa shape index (κ2) is 8.64. The molecule has 0 aliphatic rings. The van der Waals surface area contributed by atoms with Gasteiger partial charge < -0.3 is 15.3 Å². The Morgan fingerprint density at radius 1 is 1.24 bits per heavy atom. The summed E-state index contributed by atoms with van der Waals surface area (Å²) in [6.07, 6.45) is -0.515. The van der Waals surface area contributed by atoms with Crippen molar-refractivity contribution >= 4 is 6.03 Å². The van der Waals surface area contributed by atoms with E-state index in [1.165, 1.54) is 10.5 Å². The average molecular weight is 293 g/mol. The van der Waals surface area contributed by atoms with Gasteiger partial charge in [0.05, 0.1) is 6.10 Å². The highest BCUT2D eigenvalue weighted by Crippen LogP contribution is 2.05. The molecule has 5 nitrogen and oxygen atoms in total. The number of amides is 2. The maximum Gasteiger partial charge on any atom is 0.317 e. The molecule has 2 unspecified atom stereocenters. The van der Waals surface area contributed by atoms with Crippen LogP contribution in [0.15, 0.2) is 30.3 Å². The van der Waals surface area contributed by atoms with Crippen LogP contribution in [0.5, 0.6) is 0 Å². The molecule has 0 aliphatic heterocycles. The Bertz CT molecular complexity index is 423. The summed E-state index contributed by atoms with van der Waals surface area (Å²) in [4.78, 5) is 15.5. The van der Waals surface area contributed by atoms with Crippen molar-refractivity contribution < 1.29 is 9.90 Å². The number of likely N-dealkylation sites (N-methyl/N-ethyl adjacent to an activating group) is 2. The summed E-state index contributed by atoms with van der Waals surface area (Å²) in [7, 11) is 3.73. The van der Waals surface area contributed by atoms with E-state index in [9.17, 15) is 9.90 Å². The van der Waals surface area contributed by atoms with E-state index in [1.807, 2.05) is 25.2 Å². The molecule has 2 N–H and O–H groups in total. The highest BCUT2D eigenvalue weighted by molar-refractivity contribution is 5.73. The maximum atomic E-state index is 11.8. The largest absolute Gasteiger partial charge is 0.392 e. The van der Waals surface area contributed by atoms with Crippen molar-refractivity contribution in [3.63, 3.8) is 0 Å². The Morgan fingerprint density at radius 3 is 2.43 bits per heavy atom. The van der Waals surface area contributed by atoms with Gasteiger partial charge in [-0.1, -0.05) is 30.3 Å². The number of hydrogen-bond donors (Lipinski definition) is 2. The predicted molar refractivity (Wildman–Crippen MR) is 85.1 cm³/mol. The van der Waals surface area contributed by atoms with Crippen molar-refractivity contribution in [3.05, 3.63) is 35.9 Å². The lowest BCUT2D eigenvalue weighted by atomic mass is 10.2. The third-order valence-electron chi connectivity index (χ3n) is 3.46. The molecule has 0 radical (unpaired) electrons. The van der Waals surface area contributed by atoms with E-state index < -0.39 is 6.10 Å². The van der Waals surface area contributed by atoms with Gasteiger partial charge in [-0.25, -0.2) is 4.79 Å². The molecule has 2 amide bonds. The molecular weight excluding hydrogens is 266 g/mol. The first kappa shape index (κ1) is 17.5. The smallest absolute Gasteiger partial charge is 0.317 e. The second-order valence-corrected chi connectivity index (χ2v) is 5.67. The number of aliphatic hydroxyl groups is 1. The number of aliphatic hydroxyl groups excluding tert-OH is 1. The van der Waals surface area contributed by atoms with E-state index in [0.717, 1.165) is 6.54 Å². The Balaban J connectivity index is 2.35. The first-order valence-electron chi connectivity index (χ1n) is 7.31. The number of hydrogen-bond acceptors (Lipinski definition) is 3. The number of rotatable bonds is 7. The van der Waals surface area contributed by atoms with Crippen LogP contribution in [0.1, 0.15) is 19.4 Å². The summed E-state index contributed by atoms with van der Waals surface area (Å²) in [5.41, 5.74) is 1.25. The molecule has 21 heavy (non-hydrogen) atoms. The predicted octanol–water partition coefficient (Wildman–Crippen LogP) is 1.53. The van der Waals surface area contributed by atoms with E-state index in [1.54, 1.807) is 14.0 Å². The van der Waals surface area contributed by atoms with Gasteiger partial charge in [0, 0.05) is 32.7 Å².